The van der Waals surface area contributed by atoms with E-state index in [0.29, 0.717) is 5.92 Å². The van der Waals surface area contributed by atoms with E-state index in [1.54, 1.807) is 0 Å². The molecule has 0 N–H and O–H groups in total. The van der Waals surface area contributed by atoms with Crippen LogP contribution in [0.5, 0.6) is 0 Å². The Kier molecular flexibility index (Phi) is 2.67. The highest BCUT2D eigenvalue weighted by Gasteiger charge is 2.20. The number of rotatable bonds is 1. The maximum Gasteiger partial charge on any atom is 0.112 e. The van der Waals surface area contributed by atoms with Crippen LogP contribution in [-0.4, -0.2) is 9.55 Å². The van der Waals surface area contributed by atoms with E-state index in [1.165, 1.54) is 18.7 Å². The summed E-state index contributed by atoms with van der Waals surface area (Å²) < 4.78 is 2.27. The SMILES string of the molecule is C[C@H]1CCCn2cc(-c3ccccc3Cl)nc21. The van der Waals surface area contributed by atoms with E-state index in [1.807, 2.05) is 24.3 Å². The molecule has 2 nitrogen and oxygen atoms in total. The van der Waals surface area contributed by atoms with Crippen LogP contribution >= 0.6 is 11.6 Å². The minimum atomic E-state index is 0.556. The largest absolute Gasteiger partial charge is 0.334 e. The molecule has 1 aromatic carbocycles. The average molecular weight is 247 g/mol. The molecule has 0 saturated carbocycles. The third kappa shape index (κ3) is 1.87. The first-order valence-corrected chi connectivity index (χ1v) is 6.45. The summed E-state index contributed by atoms with van der Waals surface area (Å²) in [7, 11) is 0. The third-order valence-electron chi connectivity index (χ3n) is 3.43. The Balaban J connectivity index is 2.08. The van der Waals surface area contributed by atoms with E-state index in [2.05, 4.69) is 17.7 Å². The number of aromatic nitrogens is 2. The molecule has 1 aliphatic rings. The van der Waals surface area contributed by atoms with Gasteiger partial charge in [-0.15, -0.1) is 0 Å². The molecule has 1 aromatic heterocycles. The van der Waals surface area contributed by atoms with Crippen molar-refractivity contribution in [1.29, 1.82) is 0 Å². The maximum absolute atomic E-state index is 6.21. The zero-order valence-corrected chi connectivity index (χ0v) is 10.6. The van der Waals surface area contributed by atoms with Gasteiger partial charge in [-0.1, -0.05) is 36.7 Å². The van der Waals surface area contributed by atoms with E-state index < -0.39 is 0 Å². The van der Waals surface area contributed by atoms with Crippen molar-refractivity contribution in [2.24, 2.45) is 0 Å². The molecule has 88 valence electrons. The van der Waals surface area contributed by atoms with Crippen molar-refractivity contribution in [2.75, 3.05) is 0 Å². The number of fused-ring (bicyclic) bond motifs is 1. The molecule has 0 saturated heterocycles. The van der Waals surface area contributed by atoms with Gasteiger partial charge in [0.15, 0.2) is 0 Å². The fraction of sp³-hybridized carbons (Fsp3) is 0.357. The second kappa shape index (κ2) is 4.19. The van der Waals surface area contributed by atoms with Crippen LogP contribution in [0.15, 0.2) is 30.5 Å². The lowest BCUT2D eigenvalue weighted by molar-refractivity contribution is 0.463. The molecule has 1 aliphatic heterocycles. The second-order valence-electron chi connectivity index (χ2n) is 4.70. The fourth-order valence-electron chi connectivity index (χ4n) is 2.50. The minimum Gasteiger partial charge on any atom is -0.334 e. The van der Waals surface area contributed by atoms with Crippen LogP contribution in [0.4, 0.5) is 0 Å². The number of imidazole rings is 1. The minimum absolute atomic E-state index is 0.556. The normalized spacial score (nSPS) is 19.1. The topological polar surface area (TPSA) is 17.8 Å². The summed E-state index contributed by atoms with van der Waals surface area (Å²) in [6, 6.07) is 7.90. The molecular formula is C14H15ClN2. The molecule has 0 amide bonds. The lowest BCUT2D eigenvalue weighted by atomic mass is 10.0. The molecule has 0 spiro atoms. The van der Waals surface area contributed by atoms with Crippen molar-refractivity contribution in [3.8, 4) is 11.3 Å². The van der Waals surface area contributed by atoms with Crippen LogP contribution in [0.3, 0.4) is 0 Å². The monoisotopic (exact) mass is 246 g/mol. The van der Waals surface area contributed by atoms with Gasteiger partial charge in [0.1, 0.15) is 5.82 Å². The van der Waals surface area contributed by atoms with Crippen LogP contribution < -0.4 is 0 Å². The Labute approximate surface area is 106 Å². The summed E-state index contributed by atoms with van der Waals surface area (Å²) in [5.74, 6) is 1.76. The van der Waals surface area contributed by atoms with Crippen molar-refractivity contribution in [1.82, 2.24) is 9.55 Å². The lowest BCUT2D eigenvalue weighted by Gasteiger charge is -2.19. The Morgan fingerprint density at radius 3 is 2.94 bits per heavy atom. The summed E-state index contributed by atoms with van der Waals surface area (Å²) in [5, 5.41) is 0.774. The smallest absolute Gasteiger partial charge is 0.112 e. The van der Waals surface area contributed by atoms with Gasteiger partial charge in [0.2, 0.25) is 0 Å². The first-order valence-electron chi connectivity index (χ1n) is 6.07. The van der Waals surface area contributed by atoms with Crippen LogP contribution in [-0.2, 0) is 6.54 Å². The van der Waals surface area contributed by atoms with Crippen LogP contribution in [0.2, 0.25) is 5.02 Å². The van der Waals surface area contributed by atoms with E-state index in [0.717, 1.165) is 22.8 Å². The number of halogens is 1. The van der Waals surface area contributed by atoms with Crippen molar-refractivity contribution >= 4 is 11.6 Å². The molecule has 1 atom stereocenters. The summed E-state index contributed by atoms with van der Waals surface area (Å²) in [5.41, 5.74) is 2.03. The molecule has 17 heavy (non-hydrogen) atoms. The van der Waals surface area contributed by atoms with Crippen molar-refractivity contribution < 1.29 is 0 Å². The molecule has 0 fully saturated rings. The fourth-order valence-corrected chi connectivity index (χ4v) is 2.73. The van der Waals surface area contributed by atoms with Gasteiger partial charge < -0.3 is 4.57 Å². The number of nitrogens with zero attached hydrogens (tertiary/aromatic N) is 2. The first-order chi connectivity index (χ1) is 8.25. The Bertz CT molecular complexity index is 545. The molecule has 2 heterocycles. The van der Waals surface area contributed by atoms with Gasteiger partial charge in [0.05, 0.1) is 10.7 Å². The van der Waals surface area contributed by atoms with Crippen molar-refractivity contribution in [3.05, 3.63) is 41.3 Å². The zero-order chi connectivity index (χ0) is 11.8. The second-order valence-corrected chi connectivity index (χ2v) is 5.11. The maximum atomic E-state index is 6.21. The Hall–Kier alpha value is -1.28. The first kappa shape index (κ1) is 10.8. The molecule has 0 aliphatic carbocycles. The number of hydrogen-bond donors (Lipinski definition) is 0. The van der Waals surface area contributed by atoms with Gasteiger partial charge >= 0.3 is 0 Å². The highest BCUT2D eigenvalue weighted by molar-refractivity contribution is 6.33. The van der Waals surface area contributed by atoms with Gasteiger partial charge in [-0.25, -0.2) is 4.98 Å². The van der Waals surface area contributed by atoms with Crippen LogP contribution in [0.1, 0.15) is 31.5 Å². The van der Waals surface area contributed by atoms with Crippen molar-refractivity contribution in [3.63, 3.8) is 0 Å². The number of hydrogen-bond acceptors (Lipinski definition) is 1. The Morgan fingerprint density at radius 1 is 1.35 bits per heavy atom. The molecule has 3 heteroatoms. The number of benzene rings is 1. The summed E-state index contributed by atoms with van der Waals surface area (Å²) in [4.78, 5) is 4.74. The molecule has 0 unspecified atom stereocenters. The highest BCUT2D eigenvalue weighted by Crippen LogP contribution is 2.31. The molecule has 2 aromatic rings. The zero-order valence-electron chi connectivity index (χ0n) is 9.86. The number of aryl methyl sites for hydroxylation is 1. The predicted molar refractivity (Wildman–Crippen MR) is 70.3 cm³/mol. The van der Waals surface area contributed by atoms with E-state index >= 15 is 0 Å². The Morgan fingerprint density at radius 2 is 2.18 bits per heavy atom. The van der Waals surface area contributed by atoms with Crippen molar-refractivity contribution in [2.45, 2.75) is 32.2 Å². The molecule has 0 radical (unpaired) electrons. The van der Waals surface area contributed by atoms with E-state index in [4.69, 9.17) is 16.6 Å². The van der Waals surface area contributed by atoms with E-state index in [-0.39, 0.29) is 0 Å². The summed E-state index contributed by atoms with van der Waals surface area (Å²) >= 11 is 6.21. The highest BCUT2D eigenvalue weighted by atomic mass is 35.5. The quantitative estimate of drug-likeness (QED) is 0.741. The molecular weight excluding hydrogens is 232 g/mol. The third-order valence-corrected chi connectivity index (χ3v) is 3.76. The van der Waals surface area contributed by atoms with Gasteiger partial charge in [-0.3, -0.25) is 0 Å². The summed E-state index contributed by atoms with van der Waals surface area (Å²) in [6.07, 6.45) is 4.61. The lowest BCUT2D eigenvalue weighted by Crippen LogP contribution is -2.12. The molecule has 3 rings (SSSR count). The van der Waals surface area contributed by atoms with Gasteiger partial charge in [0.25, 0.3) is 0 Å². The van der Waals surface area contributed by atoms with Gasteiger partial charge in [-0.2, -0.15) is 0 Å². The predicted octanol–water partition coefficient (Wildman–Crippen LogP) is 4.10. The van der Waals surface area contributed by atoms with E-state index in [9.17, 15) is 0 Å². The van der Waals surface area contributed by atoms with Crippen LogP contribution in [0.25, 0.3) is 11.3 Å². The average Bonchev–Trinajstić information content (AvgIpc) is 2.75. The van der Waals surface area contributed by atoms with Gasteiger partial charge in [0, 0.05) is 24.2 Å². The summed E-state index contributed by atoms with van der Waals surface area (Å²) in [6.45, 7) is 3.32. The molecule has 0 bridgehead atoms. The van der Waals surface area contributed by atoms with Gasteiger partial charge in [-0.05, 0) is 18.9 Å². The standard InChI is InChI=1S/C14H15ClN2/c1-10-5-4-8-17-9-13(16-14(10)17)11-6-2-3-7-12(11)15/h2-3,6-7,9-10H,4-5,8H2,1H3/t10-/m0/s1. The van der Waals surface area contributed by atoms with Crippen LogP contribution in [0, 0.1) is 0 Å².